The van der Waals surface area contributed by atoms with Crippen molar-refractivity contribution < 1.29 is 0 Å². The van der Waals surface area contributed by atoms with Crippen LogP contribution >= 0.6 is 11.6 Å². The van der Waals surface area contributed by atoms with Crippen LogP contribution in [0.3, 0.4) is 0 Å². The van der Waals surface area contributed by atoms with Gasteiger partial charge in [-0.05, 0) is 57.6 Å². The van der Waals surface area contributed by atoms with E-state index in [9.17, 15) is 0 Å². The van der Waals surface area contributed by atoms with Crippen LogP contribution in [-0.2, 0) is 25.8 Å². The van der Waals surface area contributed by atoms with Gasteiger partial charge in [0.15, 0.2) is 11.6 Å². The Hall–Kier alpha value is -2.47. The normalized spacial score (nSPS) is 16.8. The maximum atomic E-state index is 6.21. The minimum absolute atomic E-state index is 0.0301. The number of hydrogen-bond donors (Lipinski definition) is 1. The molecule has 1 aliphatic carbocycles. The summed E-state index contributed by atoms with van der Waals surface area (Å²) in [5.74, 6) is 3.74. The molecule has 0 radical (unpaired) electrons. The fourth-order valence-corrected chi connectivity index (χ4v) is 4.58. The standard InChI is InChI=1S/C22H25ClN6/c1-14(22-28-27-19-11-4-5-12-29(19)22)24-21-17-9-2-3-10-18(17)25-20(26-21)15-7-6-8-16(23)13-15/h6-8,13-14H,2-5,9-12H2,1H3,(H,24,25,26). The van der Waals surface area contributed by atoms with Crippen molar-refractivity contribution in [1.82, 2.24) is 24.7 Å². The van der Waals surface area contributed by atoms with Gasteiger partial charge in [0.1, 0.15) is 11.6 Å². The minimum atomic E-state index is 0.0301. The molecule has 1 N–H and O–H groups in total. The van der Waals surface area contributed by atoms with Gasteiger partial charge in [-0.1, -0.05) is 23.7 Å². The van der Waals surface area contributed by atoms with Gasteiger partial charge >= 0.3 is 0 Å². The SMILES string of the molecule is CC(Nc1nc(-c2cccc(Cl)c2)nc2c1CCCC2)c1nnc2n1CCCC2. The van der Waals surface area contributed by atoms with Crippen molar-refractivity contribution in [2.45, 2.75) is 64.5 Å². The van der Waals surface area contributed by atoms with E-state index < -0.39 is 0 Å². The molecule has 3 heterocycles. The average molecular weight is 409 g/mol. The predicted molar refractivity (Wildman–Crippen MR) is 114 cm³/mol. The molecule has 6 nitrogen and oxygen atoms in total. The summed E-state index contributed by atoms with van der Waals surface area (Å²) in [5, 5.41) is 13.2. The number of anilines is 1. The quantitative estimate of drug-likeness (QED) is 0.672. The molecule has 1 atom stereocenters. The van der Waals surface area contributed by atoms with E-state index in [1.807, 2.05) is 24.3 Å². The molecule has 3 aromatic rings. The molecule has 0 bridgehead atoms. The van der Waals surface area contributed by atoms with Crippen LogP contribution in [0.4, 0.5) is 5.82 Å². The van der Waals surface area contributed by atoms with Crippen LogP contribution in [0.2, 0.25) is 5.02 Å². The summed E-state index contributed by atoms with van der Waals surface area (Å²) < 4.78 is 2.27. The van der Waals surface area contributed by atoms with E-state index in [-0.39, 0.29) is 6.04 Å². The molecule has 5 rings (SSSR count). The van der Waals surface area contributed by atoms with Crippen LogP contribution in [0, 0.1) is 0 Å². The van der Waals surface area contributed by atoms with E-state index in [0.29, 0.717) is 5.02 Å². The fraction of sp³-hybridized carbons (Fsp3) is 0.455. The van der Waals surface area contributed by atoms with Crippen molar-refractivity contribution in [2.75, 3.05) is 5.32 Å². The van der Waals surface area contributed by atoms with Crippen molar-refractivity contribution in [2.24, 2.45) is 0 Å². The molecule has 1 aliphatic heterocycles. The first-order valence-electron chi connectivity index (χ1n) is 10.5. The number of fused-ring (bicyclic) bond motifs is 2. The zero-order valence-electron chi connectivity index (χ0n) is 16.7. The Labute approximate surface area is 175 Å². The highest BCUT2D eigenvalue weighted by Gasteiger charge is 2.24. The molecule has 150 valence electrons. The third-order valence-electron chi connectivity index (χ3n) is 5.89. The number of aryl methyl sites for hydroxylation is 2. The molecule has 2 aliphatic rings. The zero-order chi connectivity index (χ0) is 19.8. The Morgan fingerprint density at radius 2 is 1.90 bits per heavy atom. The summed E-state index contributed by atoms with van der Waals surface area (Å²) in [7, 11) is 0. The van der Waals surface area contributed by atoms with Crippen molar-refractivity contribution in [3.8, 4) is 11.4 Å². The van der Waals surface area contributed by atoms with Crippen LogP contribution in [0.15, 0.2) is 24.3 Å². The van der Waals surface area contributed by atoms with Crippen molar-refractivity contribution in [3.05, 3.63) is 52.2 Å². The maximum Gasteiger partial charge on any atom is 0.161 e. The molecule has 0 fully saturated rings. The summed E-state index contributed by atoms with van der Waals surface area (Å²) in [4.78, 5) is 9.80. The summed E-state index contributed by atoms with van der Waals surface area (Å²) >= 11 is 6.21. The molecule has 7 heteroatoms. The van der Waals surface area contributed by atoms with E-state index in [4.69, 9.17) is 21.6 Å². The first-order chi connectivity index (χ1) is 14.2. The molecule has 1 aromatic carbocycles. The number of halogens is 1. The lowest BCUT2D eigenvalue weighted by Crippen LogP contribution is -2.20. The Bertz CT molecular complexity index is 1040. The largest absolute Gasteiger partial charge is 0.360 e. The van der Waals surface area contributed by atoms with Crippen LogP contribution in [0.25, 0.3) is 11.4 Å². The van der Waals surface area contributed by atoms with E-state index in [2.05, 4.69) is 27.0 Å². The van der Waals surface area contributed by atoms with Crippen molar-refractivity contribution in [1.29, 1.82) is 0 Å². The van der Waals surface area contributed by atoms with Gasteiger partial charge in [0.25, 0.3) is 0 Å². The van der Waals surface area contributed by atoms with Crippen LogP contribution in [0.5, 0.6) is 0 Å². The Morgan fingerprint density at radius 1 is 1.03 bits per heavy atom. The van der Waals surface area contributed by atoms with E-state index >= 15 is 0 Å². The lowest BCUT2D eigenvalue weighted by Gasteiger charge is -2.23. The van der Waals surface area contributed by atoms with E-state index in [1.165, 1.54) is 31.2 Å². The van der Waals surface area contributed by atoms with Gasteiger partial charge in [-0.15, -0.1) is 10.2 Å². The Balaban J connectivity index is 1.52. The molecule has 29 heavy (non-hydrogen) atoms. The summed E-state index contributed by atoms with van der Waals surface area (Å²) in [6.45, 7) is 3.14. The third kappa shape index (κ3) is 3.62. The van der Waals surface area contributed by atoms with Gasteiger partial charge in [-0.2, -0.15) is 0 Å². The second-order valence-corrected chi connectivity index (χ2v) is 8.42. The third-order valence-corrected chi connectivity index (χ3v) is 6.13. The number of aromatic nitrogens is 5. The van der Waals surface area contributed by atoms with Crippen molar-refractivity contribution in [3.63, 3.8) is 0 Å². The zero-order valence-corrected chi connectivity index (χ0v) is 17.4. The number of rotatable bonds is 4. The van der Waals surface area contributed by atoms with Gasteiger partial charge in [0.05, 0.1) is 6.04 Å². The molecular formula is C22H25ClN6. The average Bonchev–Trinajstić information content (AvgIpc) is 3.18. The molecule has 0 amide bonds. The highest BCUT2D eigenvalue weighted by molar-refractivity contribution is 6.30. The van der Waals surface area contributed by atoms with Gasteiger partial charge in [-0.3, -0.25) is 0 Å². The first-order valence-corrected chi connectivity index (χ1v) is 10.9. The summed E-state index contributed by atoms with van der Waals surface area (Å²) in [6, 6.07) is 7.78. The molecule has 0 saturated carbocycles. The van der Waals surface area contributed by atoms with Gasteiger partial charge in [0, 0.05) is 34.8 Å². The summed E-state index contributed by atoms with van der Waals surface area (Å²) in [5.41, 5.74) is 3.34. The maximum absolute atomic E-state index is 6.21. The molecule has 1 unspecified atom stereocenters. The van der Waals surface area contributed by atoms with Crippen LogP contribution in [0.1, 0.15) is 61.6 Å². The van der Waals surface area contributed by atoms with Gasteiger partial charge < -0.3 is 9.88 Å². The highest BCUT2D eigenvalue weighted by atomic mass is 35.5. The molecule has 2 aromatic heterocycles. The van der Waals surface area contributed by atoms with Crippen LogP contribution in [-0.4, -0.2) is 24.7 Å². The Morgan fingerprint density at radius 3 is 2.79 bits per heavy atom. The summed E-state index contributed by atoms with van der Waals surface area (Å²) in [6.07, 6.45) is 7.76. The van der Waals surface area contributed by atoms with Gasteiger partial charge in [-0.25, -0.2) is 9.97 Å². The lowest BCUT2D eigenvalue weighted by molar-refractivity contribution is 0.500. The molecule has 0 spiro atoms. The highest BCUT2D eigenvalue weighted by Crippen LogP contribution is 2.31. The minimum Gasteiger partial charge on any atom is -0.360 e. The van der Waals surface area contributed by atoms with E-state index in [1.54, 1.807) is 0 Å². The predicted octanol–water partition coefficient (Wildman–Crippen LogP) is 4.78. The second-order valence-electron chi connectivity index (χ2n) is 7.99. The monoisotopic (exact) mass is 408 g/mol. The fourth-order valence-electron chi connectivity index (χ4n) is 4.39. The van der Waals surface area contributed by atoms with Gasteiger partial charge in [0.2, 0.25) is 0 Å². The van der Waals surface area contributed by atoms with E-state index in [0.717, 1.165) is 60.4 Å². The number of nitrogens with zero attached hydrogens (tertiary/aromatic N) is 5. The smallest absolute Gasteiger partial charge is 0.161 e. The first kappa shape index (κ1) is 18.6. The second kappa shape index (κ2) is 7.75. The number of benzene rings is 1. The Kier molecular flexibility index (Phi) is 4.96. The molecular weight excluding hydrogens is 384 g/mol. The number of hydrogen-bond acceptors (Lipinski definition) is 5. The lowest BCUT2D eigenvalue weighted by atomic mass is 9.96. The topological polar surface area (TPSA) is 68.5 Å². The molecule has 0 saturated heterocycles. The van der Waals surface area contributed by atoms with Crippen molar-refractivity contribution >= 4 is 17.4 Å². The van der Waals surface area contributed by atoms with Crippen LogP contribution < -0.4 is 5.32 Å². The number of nitrogens with one attached hydrogen (secondary N) is 1.